The van der Waals surface area contributed by atoms with E-state index in [0.29, 0.717) is 0 Å². The molecule has 0 unspecified atom stereocenters. The normalized spacial score (nSPS) is 33.4. The van der Waals surface area contributed by atoms with Crippen LogP contribution < -0.4 is 11.2 Å². The third-order valence-corrected chi connectivity index (χ3v) is 2.87. The average Bonchev–Trinajstić information content (AvgIpc) is 2.67. The van der Waals surface area contributed by atoms with E-state index in [1.807, 2.05) is 4.98 Å². The van der Waals surface area contributed by atoms with E-state index in [4.69, 9.17) is 11.2 Å². The summed E-state index contributed by atoms with van der Waals surface area (Å²) in [4.78, 5) is 25.3. The molecule has 4 N–H and O–H groups in total. The van der Waals surface area contributed by atoms with Crippen LogP contribution in [0.25, 0.3) is 0 Å². The van der Waals surface area contributed by atoms with Crippen LogP contribution in [0.2, 0.25) is 0 Å². The molecule has 108 valence electrons. The van der Waals surface area contributed by atoms with Crippen molar-refractivity contribution in [3.05, 3.63) is 32.6 Å². The second-order valence-corrected chi connectivity index (χ2v) is 4.17. The third kappa shape index (κ3) is 2.39. The van der Waals surface area contributed by atoms with Gasteiger partial charge in [-0.2, -0.15) is 0 Å². The smallest absolute Gasteiger partial charge is 0.340 e. The van der Waals surface area contributed by atoms with Crippen LogP contribution in [0.4, 0.5) is 0 Å². The van der Waals surface area contributed by atoms with E-state index in [1.54, 1.807) is 0 Å². The lowest BCUT2D eigenvalue weighted by Crippen LogP contribution is -2.35. The first-order valence-corrected chi connectivity index (χ1v) is 5.79. The maximum atomic E-state index is 11.9. The molecule has 8 heteroatoms. The summed E-state index contributed by atoms with van der Waals surface area (Å²) >= 11 is 0. The van der Waals surface area contributed by atoms with Crippen LogP contribution in [0.1, 0.15) is 19.9 Å². The van der Waals surface area contributed by atoms with E-state index >= 15 is 0 Å². The number of aliphatic hydroxyl groups is 3. The minimum atomic E-state index is -2.31. The van der Waals surface area contributed by atoms with Gasteiger partial charge >= 0.3 is 5.69 Å². The van der Waals surface area contributed by atoms with Crippen LogP contribution in [0.5, 0.6) is 0 Å². The third-order valence-electron chi connectivity index (χ3n) is 2.87. The van der Waals surface area contributed by atoms with Gasteiger partial charge in [-0.25, -0.2) is 9.36 Å². The van der Waals surface area contributed by atoms with Crippen LogP contribution in [-0.2, 0) is 4.74 Å². The molecule has 0 bridgehead atoms. The highest BCUT2D eigenvalue weighted by Crippen LogP contribution is 2.31. The standard InChI is InChI=1S/C12H14N2O6/c1-2-3-14-4-6(11(18)13-12(14)19)10-9(17)8(16)7(5-15)20-10/h4,7-10,15-17H,5H2,1H3,(H,13,18,19)/t7-,8-,9-,10+/m1/s1/i10D. The van der Waals surface area contributed by atoms with Crippen LogP contribution in [0, 0.1) is 12.0 Å². The molecule has 1 aliphatic rings. The Morgan fingerprint density at radius 2 is 2.20 bits per heavy atom. The second-order valence-electron chi connectivity index (χ2n) is 4.17. The van der Waals surface area contributed by atoms with E-state index in [2.05, 4.69) is 12.0 Å². The monoisotopic (exact) mass is 283 g/mol. The van der Waals surface area contributed by atoms with Gasteiger partial charge in [-0.3, -0.25) is 9.78 Å². The molecule has 2 heterocycles. The van der Waals surface area contributed by atoms with E-state index in [0.717, 1.165) is 10.8 Å². The first kappa shape index (κ1) is 13.1. The Labute approximate surface area is 114 Å². The molecular formula is C12H14N2O6. The Bertz CT molecular complexity index is 717. The van der Waals surface area contributed by atoms with Crippen LogP contribution in [-0.4, -0.2) is 49.8 Å². The SMILES string of the molecule is [2H][C@@]1(c2cn(C#CC)c(=O)[nH]c2=O)O[C@H](CO)[C@@H](O)[C@H]1O. The fraction of sp³-hybridized carbons (Fsp3) is 0.500. The zero-order valence-corrected chi connectivity index (χ0v) is 10.5. The van der Waals surface area contributed by atoms with Crippen molar-refractivity contribution in [2.24, 2.45) is 0 Å². The topological polar surface area (TPSA) is 125 Å². The fourth-order valence-electron chi connectivity index (χ4n) is 1.88. The van der Waals surface area contributed by atoms with E-state index in [-0.39, 0.29) is 0 Å². The Balaban J connectivity index is 2.60. The number of aromatic nitrogens is 2. The van der Waals surface area contributed by atoms with Crippen molar-refractivity contribution in [1.82, 2.24) is 9.55 Å². The molecule has 8 nitrogen and oxygen atoms in total. The number of aromatic amines is 1. The quantitative estimate of drug-likeness (QED) is 0.445. The Morgan fingerprint density at radius 3 is 2.75 bits per heavy atom. The van der Waals surface area contributed by atoms with Gasteiger partial charge < -0.3 is 20.1 Å². The minimum Gasteiger partial charge on any atom is -0.394 e. The summed E-state index contributed by atoms with van der Waals surface area (Å²) < 4.78 is 14.0. The first-order chi connectivity index (χ1) is 9.85. The molecule has 0 aliphatic carbocycles. The highest BCUT2D eigenvalue weighted by Gasteiger charge is 2.44. The number of rotatable bonds is 2. The largest absolute Gasteiger partial charge is 0.394 e. The molecule has 2 rings (SSSR count). The van der Waals surface area contributed by atoms with E-state index in [1.165, 1.54) is 6.92 Å². The average molecular weight is 283 g/mol. The van der Waals surface area contributed by atoms with Gasteiger partial charge in [0.1, 0.15) is 24.4 Å². The van der Waals surface area contributed by atoms with Gasteiger partial charge in [0.25, 0.3) is 5.56 Å². The van der Waals surface area contributed by atoms with Gasteiger partial charge in [0.05, 0.1) is 13.5 Å². The van der Waals surface area contributed by atoms with E-state index in [9.17, 15) is 19.8 Å². The molecule has 4 atom stereocenters. The van der Waals surface area contributed by atoms with Crippen molar-refractivity contribution in [3.8, 4) is 12.0 Å². The highest BCUT2D eigenvalue weighted by atomic mass is 16.6. The lowest BCUT2D eigenvalue weighted by Gasteiger charge is -2.14. The second kappa shape index (κ2) is 5.60. The zero-order valence-electron chi connectivity index (χ0n) is 11.5. The molecule has 0 amide bonds. The Morgan fingerprint density at radius 1 is 1.50 bits per heavy atom. The molecule has 20 heavy (non-hydrogen) atoms. The molecule has 1 aromatic heterocycles. The molecule has 1 saturated heterocycles. The van der Waals surface area contributed by atoms with Crippen molar-refractivity contribution in [3.63, 3.8) is 0 Å². The predicted octanol–water partition coefficient (Wildman–Crippen LogP) is -2.48. The molecule has 1 aromatic rings. The van der Waals surface area contributed by atoms with Gasteiger partial charge in [-0.05, 0) is 6.92 Å². The maximum Gasteiger partial charge on any atom is 0.340 e. The molecule has 1 fully saturated rings. The van der Waals surface area contributed by atoms with Gasteiger partial charge in [-0.1, -0.05) is 5.92 Å². The number of H-pyrrole nitrogens is 1. The number of aliphatic hydroxyl groups excluding tert-OH is 3. The molecule has 1 aliphatic heterocycles. The summed E-state index contributed by atoms with van der Waals surface area (Å²) in [5, 5.41) is 28.7. The van der Waals surface area contributed by atoms with Crippen molar-refractivity contribution >= 4 is 0 Å². The maximum absolute atomic E-state index is 11.9. The van der Waals surface area contributed by atoms with Crippen LogP contribution >= 0.6 is 0 Å². The van der Waals surface area contributed by atoms with Crippen LogP contribution in [0.15, 0.2) is 15.8 Å². The molecular weight excluding hydrogens is 268 g/mol. The lowest BCUT2D eigenvalue weighted by molar-refractivity contribution is -0.0233. The first-order valence-electron chi connectivity index (χ1n) is 6.29. The Hall–Kier alpha value is -1.92. The van der Waals surface area contributed by atoms with Crippen molar-refractivity contribution in [2.45, 2.75) is 31.3 Å². The van der Waals surface area contributed by atoms with Gasteiger partial charge in [0.2, 0.25) is 0 Å². The van der Waals surface area contributed by atoms with Crippen molar-refractivity contribution < 1.29 is 21.4 Å². The number of nitrogens with zero attached hydrogens (tertiary/aromatic N) is 1. The lowest BCUT2D eigenvalue weighted by atomic mass is 10.0. The minimum absolute atomic E-state index is 0.396. The number of ether oxygens (including phenoxy) is 1. The fourth-order valence-corrected chi connectivity index (χ4v) is 1.88. The van der Waals surface area contributed by atoms with Gasteiger partial charge in [0, 0.05) is 12.2 Å². The van der Waals surface area contributed by atoms with E-state index < -0.39 is 47.8 Å². The Kier molecular flexibility index (Phi) is 3.66. The molecule has 0 aromatic carbocycles. The molecule has 0 saturated carbocycles. The number of hydrogen-bond acceptors (Lipinski definition) is 6. The highest BCUT2D eigenvalue weighted by molar-refractivity contribution is 5.17. The number of nitrogens with one attached hydrogen (secondary N) is 1. The van der Waals surface area contributed by atoms with Crippen molar-refractivity contribution in [2.75, 3.05) is 6.61 Å². The summed E-state index contributed by atoms with van der Waals surface area (Å²) in [7, 11) is 0. The van der Waals surface area contributed by atoms with Crippen LogP contribution in [0.3, 0.4) is 0 Å². The van der Waals surface area contributed by atoms with Gasteiger partial charge in [0.15, 0.2) is 0 Å². The zero-order chi connectivity index (χ0) is 15.8. The summed E-state index contributed by atoms with van der Waals surface area (Å²) in [6.45, 7) is 0.839. The predicted molar refractivity (Wildman–Crippen MR) is 66.9 cm³/mol. The number of hydrogen-bond donors (Lipinski definition) is 4. The van der Waals surface area contributed by atoms with Crippen molar-refractivity contribution in [1.29, 1.82) is 0 Å². The molecule has 0 spiro atoms. The molecule has 0 radical (unpaired) electrons. The summed E-state index contributed by atoms with van der Waals surface area (Å²) in [5.41, 5.74) is -2.13. The summed E-state index contributed by atoms with van der Waals surface area (Å²) in [6.07, 6.45) is -5.86. The summed E-state index contributed by atoms with van der Waals surface area (Å²) in [5.74, 6) is 2.45. The van der Waals surface area contributed by atoms with Gasteiger partial charge in [-0.15, -0.1) is 0 Å². The summed E-state index contributed by atoms with van der Waals surface area (Å²) in [6, 6.07) is 2.39.